The zero-order chi connectivity index (χ0) is 23.6. The van der Waals surface area contributed by atoms with E-state index >= 15 is 0 Å². The first-order valence-electron chi connectivity index (χ1n) is 8.63. The third-order valence-corrected chi connectivity index (χ3v) is 7.11. The highest BCUT2D eigenvalue weighted by molar-refractivity contribution is 7.92. The van der Waals surface area contributed by atoms with E-state index in [4.69, 9.17) is 62.7 Å². The predicted octanol–water partition coefficient (Wildman–Crippen LogP) is 7.02. The highest BCUT2D eigenvalue weighted by Crippen LogP contribution is 2.35. The number of benzene rings is 3. The lowest BCUT2D eigenvalue weighted by molar-refractivity contribution is 0.102. The highest BCUT2D eigenvalue weighted by atomic mass is 35.5. The van der Waals surface area contributed by atoms with Crippen LogP contribution in [0.4, 0.5) is 11.4 Å². The molecule has 3 aromatic carbocycles. The molecule has 0 spiro atoms. The Bertz CT molecular complexity index is 1320. The maximum atomic E-state index is 12.9. The van der Waals surface area contributed by atoms with E-state index in [9.17, 15) is 13.2 Å². The fourth-order valence-corrected chi connectivity index (χ4v) is 4.86. The van der Waals surface area contributed by atoms with Crippen LogP contribution in [0.1, 0.15) is 10.4 Å². The summed E-state index contributed by atoms with van der Waals surface area (Å²) in [6.45, 7) is 0. The molecule has 12 heteroatoms. The molecule has 0 aliphatic carbocycles. The molecule has 168 valence electrons. The molecule has 0 unspecified atom stereocenters. The van der Waals surface area contributed by atoms with Crippen molar-refractivity contribution in [1.29, 1.82) is 0 Å². The number of amides is 1. The second-order valence-electron chi connectivity index (χ2n) is 6.29. The number of anilines is 2. The summed E-state index contributed by atoms with van der Waals surface area (Å²) in [5.41, 5.74) is 0.286. The highest BCUT2D eigenvalue weighted by Gasteiger charge is 2.21. The van der Waals surface area contributed by atoms with Gasteiger partial charge in [0, 0.05) is 5.02 Å². The Kier molecular flexibility index (Phi) is 7.70. The molecule has 0 radical (unpaired) electrons. The number of hydrogen-bond donors (Lipinski definition) is 2. The minimum absolute atomic E-state index is 0.0374. The number of carbonyl (C=O) groups excluding carboxylic acids is 1. The van der Waals surface area contributed by atoms with Gasteiger partial charge in [-0.15, -0.1) is 0 Å². The van der Waals surface area contributed by atoms with Crippen LogP contribution in [0, 0.1) is 0 Å². The molecule has 0 heterocycles. The summed E-state index contributed by atoms with van der Waals surface area (Å²) in [4.78, 5) is 12.5. The van der Waals surface area contributed by atoms with Gasteiger partial charge >= 0.3 is 0 Å². The minimum atomic E-state index is -4.11. The lowest BCUT2D eigenvalue weighted by Crippen LogP contribution is -2.16. The first-order valence-corrected chi connectivity index (χ1v) is 12.0. The van der Waals surface area contributed by atoms with Crippen LogP contribution in [0.25, 0.3) is 0 Å². The van der Waals surface area contributed by atoms with E-state index in [1.807, 2.05) is 0 Å². The SMILES string of the molecule is COc1ccc(S(=O)(=O)Nc2cc(Cl)c(Cl)cc2Cl)cc1NC(=O)c1ccc(Cl)cc1Cl. The van der Waals surface area contributed by atoms with Crippen LogP contribution in [0.3, 0.4) is 0 Å². The van der Waals surface area contributed by atoms with Gasteiger partial charge in [-0.25, -0.2) is 8.42 Å². The van der Waals surface area contributed by atoms with E-state index in [-0.39, 0.29) is 47.7 Å². The second-order valence-corrected chi connectivity index (χ2v) is 10.0. The number of sulfonamides is 1. The number of ether oxygens (including phenoxy) is 1. The van der Waals surface area contributed by atoms with E-state index in [1.54, 1.807) is 0 Å². The van der Waals surface area contributed by atoms with Crippen molar-refractivity contribution in [3.8, 4) is 5.75 Å². The van der Waals surface area contributed by atoms with Crippen molar-refractivity contribution in [2.45, 2.75) is 4.90 Å². The van der Waals surface area contributed by atoms with Crippen LogP contribution in [0.15, 0.2) is 53.4 Å². The van der Waals surface area contributed by atoms with Crippen LogP contribution in [-0.4, -0.2) is 21.4 Å². The summed E-state index contributed by atoms with van der Waals surface area (Å²) in [5.74, 6) is -0.352. The first-order chi connectivity index (χ1) is 15.0. The Morgan fingerprint density at radius 3 is 2.16 bits per heavy atom. The third kappa shape index (κ3) is 5.54. The Hall–Kier alpha value is -1.87. The molecule has 0 aliphatic heterocycles. The number of carbonyl (C=O) groups is 1. The maximum Gasteiger partial charge on any atom is 0.262 e. The van der Waals surface area contributed by atoms with Crippen LogP contribution in [-0.2, 0) is 10.0 Å². The van der Waals surface area contributed by atoms with Crippen molar-refractivity contribution in [2.75, 3.05) is 17.1 Å². The zero-order valence-corrected chi connectivity index (χ0v) is 20.6. The van der Waals surface area contributed by atoms with Crippen LogP contribution < -0.4 is 14.8 Å². The van der Waals surface area contributed by atoms with Gasteiger partial charge in [0.15, 0.2) is 0 Å². The minimum Gasteiger partial charge on any atom is -0.495 e. The molecule has 1 amide bonds. The Morgan fingerprint density at radius 1 is 0.812 bits per heavy atom. The molecule has 32 heavy (non-hydrogen) atoms. The van der Waals surface area contributed by atoms with Gasteiger partial charge in [0.1, 0.15) is 5.75 Å². The van der Waals surface area contributed by atoms with Crippen LogP contribution in [0.5, 0.6) is 5.75 Å². The molecule has 0 fully saturated rings. The quantitative estimate of drug-likeness (QED) is 0.321. The van der Waals surface area contributed by atoms with Gasteiger partial charge in [-0.2, -0.15) is 0 Å². The largest absolute Gasteiger partial charge is 0.495 e. The maximum absolute atomic E-state index is 12.9. The summed E-state index contributed by atoms with van der Waals surface area (Å²) in [7, 11) is -2.74. The molecule has 0 aliphatic rings. The molecule has 2 N–H and O–H groups in total. The van der Waals surface area contributed by atoms with Gasteiger partial charge in [-0.1, -0.05) is 58.0 Å². The summed E-state index contributed by atoms with van der Waals surface area (Å²) in [6, 6.07) is 10.9. The molecule has 0 saturated carbocycles. The van der Waals surface area contributed by atoms with Crippen molar-refractivity contribution in [1.82, 2.24) is 0 Å². The fraction of sp³-hybridized carbons (Fsp3) is 0.0500. The van der Waals surface area contributed by atoms with E-state index < -0.39 is 15.9 Å². The topological polar surface area (TPSA) is 84.5 Å². The fourth-order valence-electron chi connectivity index (χ4n) is 2.62. The van der Waals surface area contributed by atoms with Crippen molar-refractivity contribution in [3.63, 3.8) is 0 Å². The first kappa shape index (κ1) is 24.8. The number of nitrogens with one attached hydrogen (secondary N) is 2. The van der Waals surface area contributed by atoms with Gasteiger partial charge in [-0.3, -0.25) is 9.52 Å². The Morgan fingerprint density at radius 2 is 1.50 bits per heavy atom. The van der Waals surface area contributed by atoms with Gasteiger partial charge < -0.3 is 10.1 Å². The molecule has 6 nitrogen and oxygen atoms in total. The number of rotatable bonds is 6. The normalized spacial score (nSPS) is 11.2. The predicted molar refractivity (Wildman–Crippen MR) is 130 cm³/mol. The smallest absolute Gasteiger partial charge is 0.262 e. The van der Waals surface area contributed by atoms with E-state index in [1.165, 1.54) is 55.6 Å². The molecule has 0 bridgehead atoms. The number of methoxy groups -OCH3 is 1. The average Bonchev–Trinajstić information content (AvgIpc) is 2.71. The van der Waals surface area contributed by atoms with Crippen molar-refractivity contribution in [3.05, 3.63) is 79.2 Å². The summed E-state index contributed by atoms with van der Waals surface area (Å²) < 4.78 is 33.4. The molecule has 0 saturated heterocycles. The Balaban J connectivity index is 1.94. The summed E-state index contributed by atoms with van der Waals surface area (Å²) >= 11 is 29.8. The van der Waals surface area contributed by atoms with E-state index in [0.717, 1.165) is 0 Å². The van der Waals surface area contributed by atoms with E-state index in [2.05, 4.69) is 10.0 Å². The summed E-state index contributed by atoms with van der Waals surface area (Å²) in [5, 5.41) is 3.45. The molecule has 3 aromatic rings. The third-order valence-electron chi connectivity index (χ3n) is 4.16. The molecule has 3 rings (SSSR count). The molecule has 0 atom stereocenters. The Labute approximate surface area is 209 Å². The lowest BCUT2D eigenvalue weighted by Gasteiger charge is -2.15. The standard InChI is InChI=1S/C20H13Cl5N2O4S/c1-31-19-5-3-11(32(29,30)27-17-9-15(24)14(23)8-16(17)25)7-18(19)26-20(28)12-4-2-10(21)6-13(12)22/h2-9,27H,1H3,(H,26,28). The van der Waals surface area contributed by atoms with Crippen LogP contribution in [0.2, 0.25) is 25.1 Å². The van der Waals surface area contributed by atoms with Crippen molar-refractivity contribution < 1.29 is 17.9 Å². The lowest BCUT2D eigenvalue weighted by atomic mass is 10.2. The number of hydrogen-bond acceptors (Lipinski definition) is 4. The molecular formula is C20H13Cl5N2O4S. The van der Waals surface area contributed by atoms with E-state index in [0.29, 0.717) is 5.02 Å². The number of halogens is 5. The zero-order valence-electron chi connectivity index (χ0n) is 16.0. The van der Waals surface area contributed by atoms with Crippen LogP contribution >= 0.6 is 58.0 Å². The van der Waals surface area contributed by atoms with Crippen molar-refractivity contribution >= 4 is 85.3 Å². The summed E-state index contributed by atoms with van der Waals surface area (Å²) in [6.07, 6.45) is 0. The van der Waals surface area contributed by atoms with Gasteiger partial charge in [-0.05, 0) is 48.5 Å². The molecular weight excluding hydrogens is 542 g/mol. The van der Waals surface area contributed by atoms with Gasteiger partial charge in [0.2, 0.25) is 0 Å². The average molecular weight is 555 g/mol. The van der Waals surface area contributed by atoms with Crippen molar-refractivity contribution in [2.24, 2.45) is 0 Å². The monoisotopic (exact) mass is 552 g/mol. The van der Waals surface area contributed by atoms with Gasteiger partial charge in [0.05, 0.1) is 49.0 Å². The van der Waals surface area contributed by atoms with Gasteiger partial charge in [0.25, 0.3) is 15.9 Å². The second kappa shape index (κ2) is 9.95. The molecule has 0 aromatic heterocycles.